The molecule has 0 bridgehead atoms. The Morgan fingerprint density at radius 3 is 2.56 bits per heavy atom. The third-order valence-electron chi connectivity index (χ3n) is 3.00. The Hall–Kier alpha value is -1.56. The van der Waals surface area contributed by atoms with Crippen LogP contribution in [0.15, 0.2) is 23.1 Å². The number of hydrogen-bond donors (Lipinski definition) is 1. The molecule has 2 rings (SSSR count). The highest BCUT2D eigenvalue weighted by Crippen LogP contribution is 2.32. The number of nitrogens with zero attached hydrogens (tertiary/aromatic N) is 1. The van der Waals surface area contributed by atoms with Gasteiger partial charge in [-0.3, -0.25) is 0 Å². The van der Waals surface area contributed by atoms with Crippen molar-refractivity contribution in [2.75, 3.05) is 11.9 Å². The molecule has 18 heavy (non-hydrogen) atoms. The molecule has 0 radical (unpaired) electrons. The van der Waals surface area contributed by atoms with Gasteiger partial charge in [0.25, 0.3) is 10.0 Å². The molecule has 1 heterocycles. The van der Waals surface area contributed by atoms with Gasteiger partial charge in [0, 0.05) is 6.54 Å². The Balaban J connectivity index is 2.63. The van der Waals surface area contributed by atoms with Gasteiger partial charge in [-0.1, -0.05) is 19.9 Å². The zero-order valence-electron chi connectivity index (χ0n) is 10.6. The Morgan fingerprint density at radius 1 is 1.33 bits per heavy atom. The van der Waals surface area contributed by atoms with E-state index in [1.54, 1.807) is 19.1 Å². The van der Waals surface area contributed by atoms with Gasteiger partial charge in [-0.25, -0.2) is 17.5 Å². The highest BCUT2D eigenvalue weighted by atomic mass is 32.2. The van der Waals surface area contributed by atoms with Crippen LogP contribution in [0, 0.1) is 0 Å². The summed E-state index contributed by atoms with van der Waals surface area (Å²) >= 11 is 0. The van der Waals surface area contributed by atoms with Crippen LogP contribution in [0.2, 0.25) is 0 Å². The van der Waals surface area contributed by atoms with Crippen LogP contribution in [0.25, 0.3) is 0 Å². The average molecular weight is 268 g/mol. The molecule has 0 spiro atoms. The van der Waals surface area contributed by atoms with Crippen LogP contribution in [0.3, 0.4) is 0 Å². The molecule has 0 fully saturated rings. The molecule has 1 aromatic carbocycles. The first-order chi connectivity index (χ1) is 8.37. The highest BCUT2D eigenvalue weighted by molar-refractivity contribution is 7.90. The highest BCUT2D eigenvalue weighted by Gasteiger charge is 2.35. The summed E-state index contributed by atoms with van der Waals surface area (Å²) in [4.78, 5) is 11.8. The van der Waals surface area contributed by atoms with E-state index >= 15 is 0 Å². The molecule has 0 saturated carbocycles. The number of hydrogen-bond acceptors (Lipinski definition) is 3. The molecule has 1 N–H and O–H groups in total. The molecule has 98 valence electrons. The Kier molecular flexibility index (Phi) is 3.06. The van der Waals surface area contributed by atoms with Crippen molar-refractivity contribution < 1.29 is 13.2 Å². The first-order valence-corrected chi connectivity index (χ1v) is 7.29. The summed E-state index contributed by atoms with van der Waals surface area (Å²) in [7, 11) is -3.72. The second-order valence-corrected chi connectivity index (χ2v) is 6.34. The number of anilines is 1. The molecule has 0 unspecified atom stereocenters. The molecule has 0 aromatic heterocycles. The Bertz CT molecular complexity index is 593. The fourth-order valence-electron chi connectivity index (χ4n) is 1.93. The van der Waals surface area contributed by atoms with Gasteiger partial charge in [-0.05, 0) is 30.5 Å². The number of rotatable bonds is 2. The lowest BCUT2D eigenvalue weighted by Gasteiger charge is -2.28. The maximum Gasteiger partial charge on any atom is 0.335 e. The molecule has 2 amide bonds. The van der Waals surface area contributed by atoms with Crippen molar-refractivity contribution in [1.29, 1.82) is 0 Å². The van der Waals surface area contributed by atoms with Gasteiger partial charge < -0.3 is 5.32 Å². The maximum absolute atomic E-state index is 12.3. The molecule has 0 saturated heterocycles. The van der Waals surface area contributed by atoms with Crippen LogP contribution in [-0.4, -0.2) is 25.3 Å². The number of urea groups is 1. The zero-order valence-corrected chi connectivity index (χ0v) is 11.4. The zero-order chi connectivity index (χ0) is 13.5. The largest absolute Gasteiger partial charge is 0.335 e. The number of amides is 2. The summed E-state index contributed by atoms with van der Waals surface area (Å²) in [5, 5.41) is 2.59. The van der Waals surface area contributed by atoms with Gasteiger partial charge in [0.15, 0.2) is 0 Å². The first-order valence-electron chi connectivity index (χ1n) is 5.85. The van der Waals surface area contributed by atoms with Crippen LogP contribution in [0.5, 0.6) is 0 Å². The number of fused-ring (bicyclic) bond motifs is 1. The number of nitrogens with one attached hydrogen (secondary N) is 1. The van der Waals surface area contributed by atoms with Crippen molar-refractivity contribution in [2.45, 2.75) is 31.6 Å². The Labute approximate surface area is 107 Å². The molecule has 1 aliphatic heterocycles. The molecule has 1 aliphatic rings. The quantitative estimate of drug-likeness (QED) is 0.895. The fraction of sp³-hybridized carbons (Fsp3) is 0.417. The summed E-state index contributed by atoms with van der Waals surface area (Å²) in [6.07, 6.45) is 0. The molecule has 5 nitrogen and oxygen atoms in total. The van der Waals surface area contributed by atoms with Crippen molar-refractivity contribution in [3.63, 3.8) is 0 Å². The van der Waals surface area contributed by atoms with Crippen LogP contribution < -0.4 is 5.32 Å². The number of carbonyl (C=O) groups is 1. The van der Waals surface area contributed by atoms with Gasteiger partial charge in [-0.2, -0.15) is 0 Å². The van der Waals surface area contributed by atoms with Gasteiger partial charge in [0.05, 0.1) is 5.69 Å². The van der Waals surface area contributed by atoms with Crippen LogP contribution >= 0.6 is 0 Å². The minimum Gasteiger partial charge on any atom is -0.306 e. The molecule has 6 heteroatoms. The Morgan fingerprint density at radius 2 is 2.00 bits per heavy atom. The number of sulfonamides is 1. The van der Waals surface area contributed by atoms with Gasteiger partial charge >= 0.3 is 6.03 Å². The van der Waals surface area contributed by atoms with Crippen molar-refractivity contribution in [3.05, 3.63) is 23.8 Å². The summed E-state index contributed by atoms with van der Waals surface area (Å²) in [5.41, 5.74) is 1.29. The molecule has 0 atom stereocenters. The second kappa shape index (κ2) is 4.28. The summed E-state index contributed by atoms with van der Waals surface area (Å²) in [5.74, 6) is 0.234. The van der Waals surface area contributed by atoms with Gasteiger partial charge in [-0.15, -0.1) is 0 Å². The van der Waals surface area contributed by atoms with E-state index < -0.39 is 16.1 Å². The third-order valence-corrected chi connectivity index (χ3v) is 4.89. The lowest BCUT2D eigenvalue weighted by atomic mass is 10.0. The van der Waals surface area contributed by atoms with Crippen LogP contribution in [0.4, 0.5) is 10.5 Å². The number of carbonyl (C=O) groups excluding carboxylic acids is 1. The first kappa shape index (κ1) is 12.9. The lowest BCUT2D eigenvalue weighted by Crippen LogP contribution is -2.43. The van der Waals surface area contributed by atoms with Crippen molar-refractivity contribution in [3.8, 4) is 0 Å². The van der Waals surface area contributed by atoms with E-state index in [1.807, 2.05) is 19.9 Å². The van der Waals surface area contributed by atoms with E-state index in [-0.39, 0.29) is 17.4 Å². The summed E-state index contributed by atoms with van der Waals surface area (Å²) in [6.45, 7) is 5.74. The topological polar surface area (TPSA) is 66.5 Å². The van der Waals surface area contributed by atoms with Crippen molar-refractivity contribution in [1.82, 2.24) is 4.31 Å². The summed E-state index contributed by atoms with van der Waals surface area (Å²) < 4.78 is 25.4. The van der Waals surface area contributed by atoms with Crippen molar-refractivity contribution >= 4 is 21.7 Å². The lowest BCUT2D eigenvalue weighted by molar-refractivity contribution is 0.236. The standard InChI is InChI=1S/C12H16N2O3S/c1-4-14-12(15)13-10-6-5-9(8(2)3)7-11(10)18(14,16)17/h5-8H,4H2,1-3H3,(H,13,15). The second-order valence-electron chi connectivity index (χ2n) is 4.51. The molecular formula is C12H16N2O3S. The van der Waals surface area contributed by atoms with E-state index in [0.29, 0.717) is 5.69 Å². The van der Waals surface area contributed by atoms with Crippen LogP contribution in [-0.2, 0) is 10.0 Å². The monoisotopic (exact) mass is 268 g/mol. The SMILES string of the molecule is CCN1C(=O)Nc2ccc(C(C)C)cc2S1(=O)=O. The van der Waals surface area contributed by atoms with E-state index in [4.69, 9.17) is 0 Å². The normalized spacial score (nSPS) is 17.6. The van der Waals surface area contributed by atoms with E-state index in [2.05, 4.69) is 5.32 Å². The summed E-state index contributed by atoms with van der Waals surface area (Å²) in [6, 6.07) is 4.52. The fourth-order valence-corrected chi connectivity index (χ4v) is 3.46. The van der Waals surface area contributed by atoms with Crippen molar-refractivity contribution in [2.24, 2.45) is 0 Å². The average Bonchev–Trinajstić information content (AvgIpc) is 2.28. The van der Waals surface area contributed by atoms with Gasteiger partial charge in [0.1, 0.15) is 4.90 Å². The molecular weight excluding hydrogens is 252 g/mol. The minimum atomic E-state index is -3.72. The van der Waals surface area contributed by atoms with Gasteiger partial charge in [0.2, 0.25) is 0 Å². The predicted molar refractivity (Wildman–Crippen MR) is 69.1 cm³/mol. The predicted octanol–water partition coefficient (Wildman–Crippen LogP) is 2.37. The minimum absolute atomic E-state index is 0.125. The number of benzene rings is 1. The van der Waals surface area contributed by atoms with E-state index in [1.165, 1.54) is 0 Å². The van der Waals surface area contributed by atoms with E-state index in [0.717, 1.165) is 9.87 Å². The third kappa shape index (κ3) is 1.86. The smallest absolute Gasteiger partial charge is 0.306 e. The molecule has 1 aromatic rings. The van der Waals surface area contributed by atoms with E-state index in [9.17, 15) is 13.2 Å². The molecule has 0 aliphatic carbocycles. The maximum atomic E-state index is 12.3. The van der Waals surface area contributed by atoms with Crippen LogP contribution in [0.1, 0.15) is 32.3 Å².